The van der Waals surface area contributed by atoms with Crippen LogP contribution in [0, 0.1) is 11.8 Å². The van der Waals surface area contributed by atoms with Crippen LogP contribution < -0.4 is 10.6 Å². The van der Waals surface area contributed by atoms with E-state index in [1.807, 2.05) is 13.8 Å². The zero-order valence-corrected chi connectivity index (χ0v) is 22.5. The van der Waals surface area contributed by atoms with Crippen molar-refractivity contribution in [3.8, 4) is 0 Å². The van der Waals surface area contributed by atoms with Crippen LogP contribution in [-0.4, -0.2) is 43.7 Å². The molecule has 0 unspecified atom stereocenters. The van der Waals surface area contributed by atoms with E-state index in [1.54, 1.807) is 31.3 Å². The normalized spacial score (nSPS) is 17.6. The van der Waals surface area contributed by atoms with Crippen molar-refractivity contribution in [1.82, 2.24) is 30.4 Å². The molecule has 0 aliphatic heterocycles. The molecule has 3 N–H and O–H groups in total. The Balaban J connectivity index is 1.60. The number of alkyl halides is 5. The Morgan fingerprint density at radius 1 is 1.15 bits per heavy atom. The Hall–Kier alpha value is -3.51. The fourth-order valence-corrected chi connectivity index (χ4v) is 5.14. The van der Waals surface area contributed by atoms with E-state index in [0.29, 0.717) is 28.1 Å². The molecular weight excluding hydrogens is 535 g/mol. The maximum atomic E-state index is 13.9. The smallest absolute Gasteiger partial charge is 0.349 e. The van der Waals surface area contributed by atoms with Crippen molar-refractivity contribution in [2.45, 2.75) is 76.6 Å². The molecule has 3 aromatic rings. The quantitative estimate of drug-likeness (QED) is 0.286. The minimum Gasteiger partial charge on any atom is -0.349 e. The van der Waals surface area contributed by atoms with E-state index in [-0.39, 0.29) is 37.5 Å². The first kappa shape index (κ1) is 29.5. The van der Waals surface area contributed by atoms with Gasteiger partial charge in [-0.05, 0) is 48.4 Å². The third-order valence-corrected chi connectivity index (χ3v) is 7.37. The molecule has 1 aromatic carbocycles. The number of hydrogen-bond acceptors (Lipinski definition) is 4. The highest BCUT2D eigenvalue weighted by Crippen LogP contribution is 2.41. The Morgan fingerprint density at radius 3 is 2.45 bits per heavy atom. The number of nitrogens with zero attached hydrogens (tertiary/aromatic N) is 3. The highest BCUT2D eigenvalue weighted by Gasteiger charge is 2.39. The molecule has 0 bridgehead atoms. The first-order valence-corrected chi connectivity index (χ1v) is 13.2. The number of imidazole rings is 1. The standard InChI is InChI=1S/C27H33F5N6O2/c1-15(2)22(36-21(39)8-12-27(30,31)32)17-4-5-18-19(14-17)35-24(34-18)23(16-6-10-26(28,29)11-7-16)37-25(40)20-9-13-33-38(20)3/h4-5,9,13-16,22-23H,6-8,10-12H2,1-3H3,(H,34,35)(H,36,39)(H,37,40)/t22-,23-/m0/s1. The minimum atomic E-state index is -4.42. The number of rotatable bonds is 9. The van der Waals surface area contributed by atoms with Gasteiger partial charge in [-0.15, -0.1) is 0 Å². The lowest BCUT2D eigenvalue weighted by molar-refractivity contribution is -0.144. The molecule has 218 valence electrons. The lowest BCUT2D eigenvalue weighted by Crippen LogP contribution is -2.38. The summed E-state index contributed by atoms with van der Waals surface area (Å²) in [6.07, 6.45) is -4.98. The molecule has 1 saturated carbocycles. The second-order valence-corrected chi connectivity index (χ2v) is 10.8. The van der Waals surface area contributed by atoms with E-state index in [9.17, 15) is 31.5 Å². The summed E-state index contributed by atoms with van der Waals surface area (Å²) in [4.78, 5) is 33.2. The molecule has 1 aliphatic carbocycles. The zero-order chi connectivity index (χ0) is 29.2. The monoisotopic (exact) mass is 568 g/mol. The number of aryl methyl sites for hydroxylation is 1. The maximum Gasteiger partial charge on any atom is 0.389 e. The summed E-state index contributed by atoms with van der Waals surface area (Å²) >= 11 is 0. The number of carbonyl (C=O) groups is 2. The Bertz CT molecular complexity index is 1340. The Labute approximate surface area is 228 Å². The topological polar surface area (TPSA) is 105 Å². The fourth-order valence-electron chi connectivity index (χ4n) is 5.14. The third-order valence-electron chi connectivity index (χ3n) is 7.37. The maximum absolute atomic E-state index is 13.9. The van der Waals surface area contributed by atoms with Gasteiger partial charge < -0.3 is 15.6 Å². The van der Waals surface area contributed by atoms with E-state index >= 15 is 0 Å². The van der Waals surface area contributed by atoms with Crippen LogP contribution >= 0.6 is 0 Å². The zero-order valence-electron chi connectivity index (χ0n) is 22.5. The second kappa shape index (κ2) is 11.5. The lowest BCUT2D eigenvalue weighted by Gasteiger charge is -2.33. The molecule has 4 rings (SSSR count). The number of halogens is 5. The van der Waals surface area contributed by atoms with Crippen molar-refractivity contribution < 1.29 is 31.5 Å². The van der Waals surface area contributed by atoms with E-state index < -0.39 is 48.8 Å². The summed E-state index contributed by atoms with van der Waals surface area (Å²) in [7, 11) is 1.63. The van der Waals surface area contributed by atoms with Crippen LogP contribution in [0.15, 0.2) is 30.5 Å². The largest absolute Gasteiger partial charge is 0.389 e. The molecule has 0 radical (unpaired) electrons. The predicted molar refractivity (Wildman–Crippen MR) is 137 cm³/mol. The van der Waals surface area contributed by atoms with Gasteiger partial charge in [-0.2, -0.15) is 18.3 Å². The van der Waals surface area contributed by atoms with E-state index in [2.05, 4.69) is 25.7 Å². The Kier molecular flexibility index (Phi) is 8.50. The van der Waals surface area contributed by atoms with Crippen LogP contribution in [0.3, 0.4) is 0 Å². The SMILES string of the molecule is CC(C)[C@H](NC(=O)CCC(F)(F)F)c1ccc2[nH]c([C@@H](NC(=O)c3ccnn3C)C3CCC(F)(F)CC3)nc2c1. The molecule has 2 amide bonds. The highest BCUT2D eigenvalue weighted by molar-refractivity contribution is 5.92. The number of benzene rings is 1. The van der Waals surface area contributed by atoms with Crippen molar-refractivity contribution in [2.24, 2.45) is 18.9 Å². The summed E-state index contributed by atoms with van der Waals surface area (Å²) in [6.45, 7) is 3.69. The van der Waals surface area contributed by atoms with Gasteiger partial charge in [0.2, 0.25) is 11.8 Å². The van der Waals surface area contributed by atoms with Gasteiger partial charge >= 0.3 is 6.18 Å². The van der Waals surface area contributed by atoms with Crippen molar-refractivity contribution in [3.63, 3.8) is 0 Å². The van der Waals surface area contributed by atoms with Crippen LogP contribution in [0.25, 0.3) is 11.0 Å². The molecule has 2 atom stereocenters. The van der Waals surface area contributed by atoms with Gasteiger partial charge in [0.1, 0.15) is 11.5 Å². The van der Waals surface area contributed by atoms with Gasteiger partial charge in [0, 0.05) is 32.5 Å². The molecule has 1 aliphatic rings. The van der Waals surface area contributed by atoms with E-state index in [4.69, 9.17) is 0 Å². The summed E-state index contributed by atoms with van der Waals surface area (Å²) in [5.41, 5.74) is 2.12. The summed E-state index contributed by atoms with van der Waals surface area (Å²) < 4.78 is 67.0. The number of nitrogens with one attached hydrogen (secondary N) is 3. The first-order valence-electron chi connectivity index (χ1n) is 13.2. The van der Waals surface area contributed by atoms with Gasteiger partial charge in [-0.25, -0.2) is 13.8 Å². The molecule has 0 spiro atoms. The van der Waals surface area contributed by atoms with Crippen LogP contribution in [0.1, 0.15) is 86.3 Å². The average molecular weight is 569 g/mol. The van der Waals surface area contributed by atoms with Crippen molar-refractivity contribution in [1.29, 1.82) is 0 Å². The average Bonchev–Trinajstić information content (AvgIpc) is 3.49. The van der Waals surface area contributed by atoms with Gasteiger partial charge in [0.25, 0.3) is 5.91 Å². The van der Waals surface area contributed by atoms with Crippen LogP contribution in [0.5, 0.6) is 0 Å². The number of aromatic amines is 1. The molecule has 13 heteroatoms. The predicted octanol–water partition coefficient (Wildman–Crippen LogP) is 5.75. The minimum absolute atomic E-state index is 0.125. The summed E-state index contributed by atoms with van der Waals surface area (Å²) in [5.74, 6) is -3.86. The number of aromatic nitrogens is 4. The third kappa shape index (κ3) is 7.16. The number of hydrogen-bond donors (Lipinski definition) is 3. The highest BCUT2D eigenvalue weighted by atomic mass is 19.4. The van der Waals surface area contributed by atoms with Crippen molar-refractivity contribution in [3.05, 3.63) is 47.5 Å². The molecule has 40 heavy (non-hydrogen) atoms. The molecule has 0 saturated heterocycles. The second-order valence-electron chi connectivity index (χ2n) is 10.8. The van der Waals surface area contributed by atoms with Gasteiger partial charge in [0.05, 0.1) is 29.5 Å². The van der Waals surface area contributed by atoms with Gasteiger partial charge in [-0.1, -0.05) is 19.9 Å². The molecule has 8 nitrogen and oxygen atoms in total. The van der Waals surface area contributed by atoms with Gasteiger partial charge in [-0.3, -0.25) is 14.3 Å². The lowest BCUT2D eigenvalue weighted by atomic mass is 9.81. The van der Waals surface area contributed by atoms with Crippen LogP contribution in [0.4, 0.5) is 22.0 Å². The molecule has 1 fully saturated rings. The van der Waals surface area contributed by atoms with Crippen molar-refractivity contribution >= 4 is 22.8 Å². The molecule has 2 heterocycles. The number of fused-ring (bicyclic) bond motifs is 1. The molecule has 2 aromatic heterocycles. The first-order chi connectivity index (χ1) is 18.7. The Morgan fingerprint density at radius 2 is 1.85 bits per heavy atom. The fraction of sp³-hybridized carbons (Fsp3) is 0.556. The van der Waals surface area contributed by atoms with Crippen LogP contribution in [-0.2, 0) is 11.8 Å². The van der Waals surface area contributed by atoms with Gasteiger partial charge in [0.15, 0.2) is 0 Å². The van der Waals surface area contributed by atoms with Crippen LogP contribution in [0.2, 0.25) is 0 Å². The number of H-pyrrole nitrogens is 1. The molecular formula is C27H33F5N6O2. The number of carbonyl (C=O) groups excluding carboxylic acids is 2. The van der Waals surface area contributed by atoms with E-state index in [1.165, 1.54) is 10.9 Å². The number of amides is 2. The summed E-state index contributed by atoms with van der Waals surface area (Å²) in [5, 5.41) is 9.66. The van der Waals surface area contributed by atoms with E-state index in [0.717, 1.165) is 0 Å². The van der Waals surface area contributed by atoms with Crippen molar-refractivity contribution in [2.75, 3.05) is 0 Å². The summed E-state index contributed by atoms with van der Waals surface area (Å²) in [6, 6.07) is 5.57.